The van der Waals surface area contributed by atoms with Gasteiger partial charge in [-0.1, -0.05) is 11.6 Å². The van der Waals surface area contributed by atoms with Crippen LogP contribution in [0.2, 0.25) is 5.15 Å². The molecule has 0 aliphatic carbocycles. The zero-order valence-corrected chi connectivity index (χ0v) is 9.09. The Bertz CT molecular complexity index is 413. The molecule has 0 aromatic carbocycles. The van der Waals surface area contributed by atoms with Gasteiger partial charge in [-0.05, 0) is 13.0 Å². The normalized spacial score (nSPS) is 10.6. The molecule has 1 aromatic heterocycles. The van der Waals surface area contributed by atoms with E-state index in [9.17, 15) is 13.6 Å². The number of nitrogens with zero attached hydrogens (tertiary/aromatic N) is 1. The van der Waals surface area contributed by atoms with Crippen molar-refractivity contribution in [1.29, 1.82) is 0 Å². The quantitative estimate of drug-likeness (QED) is 0.661. The molecule has 1 aromatic rings. The fourth-order valence-corrected chi connectivity index (χ4v) is 1.23. The van der Waals surface area contributed by atoms with E-state index in [0.29, 0.717) is 0 Å². The van der Waals surface area contributed by atoms with Crippen LogP contribution in [0.4, 0.5) is 14.5 Å². The average molecular weight is 251 g/mol. The summed E-state index contributed by atoms with van der Waals surface area (Å²) in [4.78, 5) is 14.7. The minimum Gasteiger partial charge on any atom is -0.462 e. The molecule has 0 saturated carbocycles. The third-order valence-electron chi connectivity index (χ3n) is 1.75. The van der Waals surface area contributed by atoms with Crippen LogP contribution < -0.4 is 5.73 Å². The molecule has 0 aliphatic heterocycles. The van der Waals surface area contributed by atoms with E-state index >= 15 is 0 Å². The number of anilines is 1. The minimum absolute atomic E-state index is 0.113. The Labute approximate surface area is 95.4 Å². The van der Waals surface area contributed by atoms with Crippen LogP contribution in [0.15, 0.2) is 6.07 Å². The first-order valence-corrected chi connectivity index (χ1v) is 4.76. The second-order valence-electron chi connectivity index (χ2n) is 2.82. The Hall–Kier alpha value is -1.43. The lowest BCUT2D eigenvalue weighted by Crippen LogP contribution is -2.10. The molecule has 0 atom stereocenters. The number of alkyl halides is 2. The molecular weight excluding hydrogens is 242 g/mol. The molecule has 0 bridgehead atoms. The first kappa shape index (κ1) is 12.6. The summed E-state index contributed by atoms with van der Waals surface area (Å²) < 4.78 is 29.4. The molecule has 7 heteroatoms. The van der Waals surface area contributed by atoms with E-state index in [-0.39, 0.29) is 23.0 Å². The number of pyridine rings is 1. The molecule has 0 fully saturated rings. The fourth-order valence-electron chi connectivity index (χ4n) is 1.03. The van der Waals surface area contributed by atoms with Crippen LogP contribution in [0.3, 0.4) is 0 Å². The van der Waals surface area contributed by atoms with Gasteiger partial charge in [-0.15, -0.1) is 0 Å². The van der Waals surface area contributed by atoms with Gasteiger partial charge in [0.15, 0.2) is 5.15 Å². The van der Waals surface area contributed by atoms with Crippen molar-refractivity contribution in [3.05, 3.63) is 22.5 Å². The van der Waals surface area contributed by atoms with Crippen molar-refractivity contribution in [2.75, 3.05) is 12.3 Å². The van der Waals surface area contributed by atoms with Gasteiger partial charge in [0.05, 0.1) is 17.9 Å². The molecule has 4 nitrogen and oxygen atoms in total. The van der Waals surface area contributed by atoms with Gasteiger partial charge in [-0.3, -0.25) is 0 Å². The van der Waals surface area contributed by atoms with Crippen molar-refractivity contribution in [2.24, 2.45) is 0 Å². The Balaban J connectivity index is 3.21. The van der Waals surface area contributed by atoms with Crippen molar-refractivity contribution in [3.63, 3.8) is 0 Å². The van der Waals surface area contributed by atoms with Crippen molar-refractivity contribution >= 4 is 23.3 Å². The lowest BCUT2D eigenvalue weighted by Gasteiger charge is -2.08. The molecule has 88 valence electrons. The predicted molar refractivity (Wildman–Crippen MR) is 54.6 cm³/mol. The maximum absolute atomic E-state index is 12.4. The summed E-state index contributed by atoms with van der Waals surface area (Å²) in [6.45, 7) is 1.70. The number of hydrogen-bond donors (Lipinski definition) is 1. The van der Waals surface area contributed by atoms with Gasteiger partial charge in [0.1, 0.15) is 5.69 Å². The number of nitrogen functional groups attached to an aromatic ring is 1. The molecule has 1 rings (SSSR count). The van der Waals surface area contributed by atoms with E-state index in [0.717, 1.165) is 6.07 Å². The van der Waals surface area contributed by atoms with Gasteiger partial charge in [-0.2, -0.15) is 0 Å². The summed E-state index contributed by atoms with van der Waals surface area (Å²) >= 11 is 5.53. The van der Waals surface area contributed by atoms with E-state index in [1.807, 2.05) is 0 Å². The lowest BCUT2D eigenvalue weighted by atomic mass is 10.2. The zero-order chi connectivity index (χ0) is 12.3. The summed E-state index contributed by atoms with van der Waals surface area (Å²) in [5.41, 5.74) is 4.47. The molecule has 0 aliphatic rings. The second kappa shape index (κ2) is 5.07. The number of aromatic nitrogens is 1. The van der Waals surface area contributed by atoms with Gasteiger partial charge in [0.25, 0.3) is 6.43 Å². The molecule has 2 N–H and O–H groups in total. The van der Waals surface area contributed by atoms with E-state index in [1.165, 1.54) is 0 Å². The van der Waals surface area contributed by atoms with Crippen LogP contribution in [0.1, 0.15) is 29.4 Å². The van der Waals surface area contributed by atoms with Crippen LogP contribution in [-0.4, -0.2) is 17.6 Å². The van der Waals surface area contributed by atoms with Gasteiger partial charge in [0, 0.05) is 0 Å². The average Bonchev–Trinajstić information content (AvgIpc) is 2.21. The van der Waals surface area contributed by atoms with Gasteiger partial charge in [-0.25, -0.2) is 18.6 Å². The summed E-state index contributed by atoms with van der Waals surface area (Å²) in [6, 6.07) is 0.879. The molecular formula is C9H9ClF2N2O2. The molecule has 1 heterocycles. The predicted octanol–water partition coefficient (Wildman–Crippen LogP) is 2.43. The first-order valence-electron chi connectivity index (χ1n) is 4.38. The maximum Gasteiger partial charge on any atom is 0.340 e. The molecule has 0 radical (unpaired) electrons. The Morgan fingerprint density at radius 2 is 2.31 bits per heavy atom. The number of nitrogens with two attached hydrogens (primary N) is 1. The highest BCUT2D eigenvalue weighted by Gasteiger charge is 2.19. The summed E-state index contributed by atoms with van der Waals surface area (Å²) in [6.07, 6.45) is -2.83. The summed E-state index contributed by atoms with van der Waals surface area (Å²) in [7, 11) is 0. The number of halogens is 3. The SMILES string of the molecule is CCOC(=O)c1cc(C(F)F)nc(Cl)c1N. The van der Waals surface area contributed by atoms with Crippen LogP contribution >= 0.6 is 11.6 Å². The topological polar surface area (TPSA) is 65.2 Å². The Kier molecular flexibility index (Phi) is 4.00. The van der Waals surface area contributed by atoms with Crippen molar-refractivity contribution in [2.45, 2.75) is 13.3 Å². The highest BCUT2D eigenvalue weighted by atomic mass is 35.5. The number of rotatable bonds is 3. The Morgan fingerprint density at radius 1 is 1.69 bits per heavy atom. The van der Waals surface area contributed by atoms with Crippen LogP contribution in [0.5, 0.6) is 0 Å². The van der Waals surface area contributed by atoms with Crippen molar-refractivity contribution < 1.29 is 18.3 Å². The van der Waals surface area contributed by atoms with Crippen LogP contribution in [-0.2, 0) is 4.74 Å². The number of carbonyl (C=O) groups excluding carboxylic acids is 1. The standard InChI is InChI=1S/C9H9ClF2N2O2/c1-2-16-9(15)4-3-5(8(11)12)14-7(10)6(4)13/h3,8H,2,13H2,1H3. The van der Waals surface area contributed by atoms with Gasteiger partial charge >= 0.3 is 5.97 Å². The van der Waals surface area contributed by atoms with E-state index < -0.39 is 18.1 Å². The number of hydrogen-bond acceptors (Lipinski definition) is 4. The number of ether oxygens (including phenoxy) is 1. The van der Waals surface area contributed by atoms with Crippen LogP contribution in [0, 0.1) is 0 Å². The highest BCUT2D eigenvalue weighted by Crippen LogP contribution is 2.27. The van der Waals surface area contributed by atoms with E-state index in [1.54, 1.807) is 6.92 Å². The Morgan fingerprint density at radius 3 is 2.81 bits per heavy atom. The van der Waals surface area contributed by atoms with Crippen LogP contribution in [0.25, 0.3) is 0 Å². The minimum atomic E-state index is -2.83. The summed E-state index contributed by atoms with van der Waals surface area (Å²) in [5, 5.41) is -0.333. The van der Waals surface area contributed by atoms with Gasteiger partial charge < -0.3 is 10.5 Å². The smallest absolute Gasteiger partial charge is 0.340 e. The largest absolute Gasteiger partial charge is 0.462 e. The highest BCUT2D eigenvalue weighted by molar-refractivity contribution is 6.32. The molecule has 0 spiro atoms. The summed E-state index contributed by atoms with van der Waals surface area (Å²) in [5.74, 6) is -0.800. The monoisotopic (exact) mass is 250 g/mol. The third kappa shape index (κ3) is 2.57. The first-order chi connectivity index (χ1) is 7.47. The maximum atomic E-state index is 12.4. The van der Waals surface area contributed by atoms with Gasteiger partial charge in [0.2, 0.25) is 0 Å². The molecule has 0 saturated heterocycles. The third-order valence-corrected chi connectivity index (χ3v) is 2.04. The van der Waals surface area contributed by atoms with Crippen molar-refractivity contribution in [1.82, 2.24) is 4.98 Å². The molecule has 16 heavy (non-hydrogen) atoms. The molecule has 0 unspecified atom stereocenters. The fraction of sp³-hybridized carbons (Fsp3) is 0.333. The van der Waals surface area contributed by atoms with E-state index in [4.69, 9.17) is 17.3 Å². The molecule has 0 amide bonds. The van der Waals surface area contributed by atoms with Crippen molar-refractivity contribution in [3.8, 4) is 0 Å². The number of esters is 1. The lowest BCUT2D eigenvalue weighted by molar-refractivity contribution is 0.0527. The zero-order valence-electron chi connectivity index (χ0n) is 8.34. The number of carbonyl (C=O) groups is 1. The van der Waals surface area contributed by atoms with E-state index in [2.05, 4.69) is 9.72 Å². The second-order valence-corrected chi connectivity index (χ2v) is 3.18.